The van der Waals surface area contributed by atoms with Crippen LogP contribution in [-0.4, -0.2) is 45.6 Å². The molecule has 0 radical (unpaired) electrons. The van der Waals surface area contributed by atoms with E-state index >= 15 is 0 Å². The van der Waals surface area contributed by atoms with Crippen LogP contribution in [-0.2, 0) is 9.59 Å². The van der Waals surface area contributed by atoms with Crippen LogP contribution in [0.15, 0.2) is 60.1 Å². The van der Waals surface area contributed by atoms with E-state index in [9.17, 15) is 9.59 Å². The summed E-state index contributed by atoms with van der Waals surface area (Å²) in [6.07, 6.45) is 12.7. The summed E-state index contributed by atoms with van der Waals surface area (Å²) in [6, 6.07) is 14.1. The molecule has 2 aliphatic rings. The normalized spacial score (nSPS) is 17.7. The minimum atomic E-state index is -0.105. The van der Waals surface area contributed by atoms with Crippen LogP contribution in [0.1, 0.15) is 50.5 Å². The van der Waals surface area contributed by atoms with Crippen molar-refractivity contribution >= 4 is 29.2 Å². The van der Waals surface area contributed by atoms with Crippen LogP contribution in [0, 0.1) is 5.92 Å². The first-order valence-corrected chi connectivity index (χ1v) is 13.5. The van der Waals surface area contributed by atoms with E-state index in [0.717, 1.165) is 60.6 Å². The summed E-state index contributed by atoms with van der Waals surface area (Å²) in [5.74, 6) is 0.435. The topological polar surface area (TPSA) is 67.2 Å². The Hall–Kier alpha value is -3.19. The summed E-state index contributed by atoms with van der Waals surface area (Å²) in [6.45, 7) is 1.47. The van der Waals surface area contributed by atoms with Gasteiger partial charge in [-0.05, 0) is 55.3 Å². The van der Waals surface area contributed by atoms with Crippen molar-refractivity contribution in [2.24, 2.45) is 5.92 Å². The van der Waals surface area contributed by atoms with Gasteiger partial charge in [-0.3, -0.25) is 9.59 Å². The number of carbonyl (C=O) groups is 2. The molecule has 5 rings (SSSR count). The summed E-state index contributed by atoms with van der Waals surface area (Å²) in [5, 5.41) is 9.95. The fraction of sp³-hybridized carbons (Fsp3) is 0.393. The molecule has 0 spiro atoms. The first-order chi connectivity index (χ1) is 17.2. The van der Waals surface area contributed by atoms with Crippen LogP contribution in [0.2, 0.25) is 0 Å². The van der Waals surface area contributed by atoms with Gasteiger partial charge in [0, 0.05) is 42.9 Å². The lowest BCUT2D eigenvalue weighted by Gasteiger charge is -2.35. The van der Waals surface area contributed by atoms with Crippen molar-refractivity contribution in [2.45, 2.75) is 51.0 Å². The molecular weight excluding hydrogens is 456 g/mol. The number of likely N-dealkylation sites (tertiary alicyclic amines) is 1. The summed E-state index contributed by atoms with van der Waals surface area (Å²) in [5.41, 5.74) is 2.74. The number of aromatic nitrogens is 2. The van der Waals surface area contributed by atoms with Gasteiger partial charge >= 0.3 is 0 Å². The minimum Gasteiger partial charge on any atom is -0.350 e. The molecule has 1 aromatic carbocycles. The van der Waals surface area contributed by atoms with Gasteiger partial charge in [-0.1, -0.05) is 43.5 Å². The molecule has 2 aromatic heterocycles. The number of nitrogens with zero attached hydrogens (tertiary/aromatic N) is 3. The number of thiophene rings is 1. The highest BCUT2D eigenvalue weighted by atomic mass is 32.1. The number of piperidine rings is 1. The summed E-state index contributed by atoms with van der Waals surface area (Å²) < 4.78 is 1.85. The van der Waals surface area contributed by atoms with Crippen LogP contribution in [0.3, 0.4) is 0 Å². The fourth-order valence-electron chi connectivity index (χ4n) is 5.09. The van der Waals surface area contributed by atoms with Crippen molar-refractivity contribution < 1.29 is 9.59 Å². The first-order valence-electron chi connectivity index (χ1n) is 12.6. The molecule has 1 aliphatic carbocycles. The Morgan fingerprint density at radius 3 is 2.46 bits per heavy atom. The average Bonchev–Trinajstić information content (AvgIpc) is 3.59. The lowest BCUT2D eigenvalue weighted by Crippen LogP contribution is -2.48. The molecule has 0 atom stereocenters. The van der Waals surface area contributed by atoms with Gasteiger partial charge in [0.05, 0.1) is 10.6 Å². The fourth-order valence-corrected chi connectivity index (χ4v) is 5.82. The van der Waals surface area contributed by atoms with Gasteiger partial charge in [-0.15, -0.1) is 11.3 Å². The maximum atomic E-state index is 12.8. The van der Waals surface area contributed by atoms with Gasteiger partial charge < -0.3 is 10.2 Å². The van der Waals surface area contributed by atoms with Gasteiger partial charge in [0.1, 0.15) is 5.69 Å². The Balaban J connectivity index is 1.20. The summed E-state index contributed by atoms with van der Waals surface area (Å²) >= 11 is 1.63. The Morgan fingerprint density at radius 2 is 1.74 bits per heavy atom. The number of hydrogen-bond acceptors (Lipinski definition) is 4. The molecule has 3 aromatic rings. The van der Waals surface area contributed by atoms with Crippen LogP contribution in [0.25, 0.3) is 22.3 Å². The van der Waals surface area contributed by atoms with Crippen molar-refractivity contribution in [1.29, 1.82) is 0 Å². The smallest absolute Gasteiger partial charge is 0.244 e. The molecule has 2 amide bonds. The Kier molecular flexibility index (Phi) is 7.42. The second kappa shape index (κ2) is 11.0. The van der Waals surface area contributed by atoms with Crippen molar-refractivity contribution in [3.05, 3.63) is 65.7 Å². The first kappa shape index (κ1) is 23.5. The third-order valence-corrected chi connectivity index (χ3v) is 7.92. The van der Waals surface area contributed by atoms with E-state index in [4.69, 9.17) is 5.10 Å². The highest BCUT2D eigenvalue weighted by molar-refractivity contribution is 7.13. The second-order valence-electron chi connectivity index (χ2n) is 9.47. The number of rotatable bonds is 6. The molecule has 1 saturated carbocycles. The summed E-state index contributed by atoms with van der Waals surface area (Å²) in [7, 11) is 0. The molecule has 1 N–H and O–H groups in total. The lowest BCUT2D eigenvalue weighted by atomic mass is 9.87. The molecule has 6 nitrogen and oxygen atoms in total. The van der Waals surface area contributed by atoms with Gasteiger partial charge in [-0.2, -0.15) is 5.10 Å². The predicted octanol–water partition coefficient (Wildman–Crippen LogP) is 5.30. The van der Waals surface area contributed by atoms with Crippen LogP contribution >= 0.6 is 11.3 Å². The maximum Gasteiger partial charge on any atom is 0.244 e. The third-order valence-electron chi connectivity index (χ3n) is 7.04. The van der Waals surface area contributed by atoms with Crippen molar-refractivity contribution in [3.8, 4) is 16.3 Å². The van der Waals surface area contributed by atoms with Crippen molar-refractivity contribution in [2.75, 3.05) is 13.1 Å². The third kappa shape index (κ3) is 5.73. The summed E-state index contributed by atoms with van der Waals surface area (Å²) in [4.78, 5) is 28.6. The van der Waals surface area contributed by atoms with Crippen LogP contribution < -0.4 is 5.32 Å². The molecule has 7 heteroatoms. The zero-order valence-electron chi connectivity index (χ0n) is 19.9. The van der Waals surface area contributed by atoms with Crippen molar-refractivity contribution in [3.63, 3.8) is 0 Å². The zero-order chi connectivity index (χ0) is 24.0. The molecule has 3 heterocycles. The van der Waals surface area contributed by atoms with Gasteiger partial charge in [-0.25, -0.2) is 4.68 Å². The Labute approximate surface area is 210 Å². The molecule has 0 bridgehead atoms. The molecular formula is C28H32N4O2S. The van der Waals surface area contributed by atoms with Gasteiger partial charge in [0.2, 0.25) is 11.8 Å². The number of hydrogen-bond donors (Lipinski definition) is 1. The van der Waals surface area contributed by atoms with E-state index in [2.05, 4.69) is 5.32 Å². The monoisotopic (exact) mass is 488 g/mol. The van der Waals surface area contributed by atoms with Gasteiger partial charge in [0.15, 0.2) is 0 Å². The molecule has 182 valence electrons. The van der Waals surface area contributed by atoms with Crippen molar-refractivity contribution in [1.82, 2.24) is 20.0 Å². The van der Waals surface area contributed by atoms with Crippen LogP contribution in [0.5, 0.6) is 0 Å². The van der Waals surface area contributed by atoms with E-state index in [1.807, 2.05) is 69.7 Å². The van der Waals surface area contributed by atoms with Gasteiger partial charge in [0.25, 0.3) is 0 Å². The lowest BCUT2D eigenvalue weighted by molar-refractivity contribution is -0.137. The number of para-hydroxylation sites is 1. The van der Waals surface area contributed by atoms with E-state index in [-0.39, 0.29) is 17.9 Å². The van der Waals surface area contributed by atoms with Crippen LogP contribution in [0.4, 0.5) is 0 Å². The van der Waals surface area contributed by atoms with E-state index in [1.54, 1.807) is 17.4 Å². The van der Waals surface area contributed by atoms with E-state index in [1.165, 1.54) is 19.3 Å². The highest BCUT2D eigenvalue weighted by Gasteiger charge is 2.29. The second-order valence-corrected chi connectivity index (χ2v) is 10.4. The average molecular weight is 489 g/mol. The molecule has 2 fully saturated rings. The highest BCUT2D eigenvalue weighted by Crippen LogP contribution is 2.29. The quantitative estimate of drug-likeness (QED) is 0.479. The maximum absolute atomic E-state index is 12.8. The number of amides is 2. The SMILES string of the molecule is O=C(/C=C/c1cn(-c2ccccc2)nc1-c1cccs1)NC1CCN(C(=O)C2CCCCC2)CC1. The number of nitrogens with one attached hydrogen (secondary N) is 1. The van der Waals surface area contributed by atoms with E-state index in [0.29, 0.717) is 5.91 Å². The minimum absolute atomic E-state index is 0.103. The Bertz CT molecular complexity index is 1160. The molecule has 35 heavy (non-hydrogen) atoms. The molecule has 0 unspecified atom stereocenters. The molecule has 1 saturated heterocycles. The predicted molar refractivity (Wildman–Crippen MR) is 140 cm³/mol. The standard InChI is InChI=1S/C28H32N4O2S/c33-26(29-23-15-17-31(18-16-23)28(34)21-8-3-1-4-9-21)14-13-22-20-32(24-10-5-2-6-11-24)30-27(22)25-12-7-19-35-25/h2,5-7,10-14,19-21,23H,1,3-4,8-9,15-18H2,(H,29,33)/b14-13+. The Morgan fingerprint density at radius 1 is 0.971 bits per heavy atom. The molecule has 1 aliphatic heterocycles. The largest absolute Gasteiger partial charge is 0.350 e. The number of benzene rings is 1. The zero-order valence-corrected chi connectivity index (χ0v) is 20.8. The van der Waals surface area contributed by atoms with E-state index < -0.39 is 0 Å². The number of carbonyl (C=O) groups excluding carboxylic acids is 2.